The molecule has 0 saturated heterocycles. The minimum Gasteiger partial charge on any atom is -0.305 e. The molecular formula is C12H24N2O2. The zero-order valence-electron chi connectivity index (χ0n) is 11.0. The molecule has 0 fully saturated rings. The highest BCUT2D eigenvalue weighted by atomic mass is 16.1. The first-order chi connectivity index (χ1) is 7.41. The first-order valence-corrected chi connectivity index (χ1v) is 5.77. The van der Waals surface area contributed by atoms with Crippen molar-refractivity contribution in [3.8, 4) is 0 Å². The molecule has 94 valence electrons. The molecule has 0 radical (unpaired) electrons. The summed E-state index contributed by atoms with van der Waals surface area (Å²) in [7, 11) is 4.03. The van der Waals surface area contributed by atoms with Gasteiger partial charge in [-0.1, -0.05) is 0 Å². The van der Waals surface area contributed by atoms with Gasteiger partial charge in [0.1, 0.15) is 11.6 Å². The van der Waals surface area contributed by atoms with Crippen LogP contribution in [0.1, 0.15) is 26.7 Å². The molecule has 16 heavy (non-hydrogen) atoms. The number of hydrogen-bond donors (Lipinski definition) is 0. The third kappa shape index (κ3) is 9.80. The maximum Gasteiger partial charge on any atom is 0.131 e. The Labute approximate surface area is 98.6 Å². The highest BCUT2D eigenvalue weighted by Crippen LogP contribution is 1.92. The number of rotatable bonds is 9. The first-order valence-electron chi connectivity index (χ1n) is 5.77. The van der Waals surface area contributed by atoms with Gasteiger partial charge in [0.25, 0.3) is 0 Å². The highest BCUT2D eigenvalue weighted by molar-refractivity contribution is 5.75. The van der Waals surface area contributed by atoms with Gasteiger partial charge < -0.3 is 9.80 Å². The fourth-order valence-corrected chi connectivity index (χ4v) is 1.26. The van der Waals surface area contributed by atoms with Gasteiger partial charge in [-0.25, -0.2) is 0 Å². The van der Waals surface area contributed by atoms with Crippen LogP contribution in [0.4, 0.5) is 0 Å². The quantitative estimate of drug-likeness (QED) is 0.585. The van der Waals surface area contributed by atoms with Gasteiger partial charge in [0.15, 0.2) is 0 Å². The van der Waals surface area contributed by atoms with Crippen molar-refractivity contribution in [3.05, 3.63) is 0 Å². The molecule has 0 aliphatic heterocycles. The summed E-state index contributed by atoms with van der Waals surface area (Å²) in [6.07, 6.45) is 1.24. The Hall–Kier alpha value is -0.740. The normalized spacial score (nSPS) is 11.1. The van der Waals surface area contributed by atoms with Crippen molar-refractivity contribution in [2.75, 3.05) is 40.3 Å². The Morgan fingerprint density at radius 1 is 0.750 bits per heavy atom. The summed E-state index contributed by atoms with van der Waals surface area (Å²) < 4.78 is 0. The Bertz CT molecular complexity index is 205. The van der Waals surface area contributed by atoms with Gasteiger partial charge in [-0.3, -0.25) is 9.59 Å². The molecule has 0 aromatic carbocycles. The zero-order chi connectivity index (χ0) is 12.6. The summed E-state index contributed by atoms with van der Waals surface area (Å²) in [5.41, 5.74) is 0. The molecule has 0 saturated carbocycles. The number of likely N-dealkylation sites (N-methyl/N-ethyl adjacent to an activating group) is 2. The van der Waals surface area contributed by atoms with Crippen molar-refractivity contribution in [1.82, 2.24) is 9.80 Å². The van der Waals surface area contributed by atoms with Crippen LogP contribution in [0.15, 0.2) is 0 Å². The molecule has 0 aromatic rings. The maximum atomic E-state index is 10.8. The van der Waals surface area contributed by atoms with Crippen LogP contribution in [0.3, 0.4) is 0 Å². The Morgan fingerprint density at radius 3 is 1.31 bits per heavy atom. The van der Waals surface area contributed by atoms with Crippen LogP contribution in [0, 0.1) is 0 Å². The van der Waals surface area contributed by atoms with E-state index in [4.69, 9.17) is 0 Å². The summed E-state index contributed by atoms with van der Waals surface area (Å²) in [6, 6.07) is 0. The maximum absolute atomic E-state index is 10.8. The molecule has 0 rings (SSSR count). The van der Waals surface area contributed by atoms with Crippen LogP contribution in [-0.2, 0) is 9.59 Å². The monoisotopic (exact) mass is 228 g/mol. The van der Waals surface area contributed by atoms with Crippen molar-refractivity contribution in [3.63, 3.8) is 0 Å². The largest absolute Gasteiger partial charge is 0.305 e. The molecule has 4 nitrogen and oxygen atoms in total. The van der Waals surface area contributed by atoms with Crippen molar-refractivity contribution < 1.29 is 9.59 Å². The van der Waals surface area contributed by atoms with Crippen molar-refractivity contribution in [2.24, 2.45) is 0 Å². The van der Waals surface area contributed by atoms with E-state index in [1.165, 1.54) is 0 Å². The van der Waals surface area contributed by atoms with E-state index in [1.807, 2.05) is 14.1 Å². The van der Waals surface area contributed by atoms with E-state index in [-0.39, 0.29) is 11.6 Å². The van der Waals surface area contributed by atoms with E-state index < -0.39 is 0 Å². The van der Waals surface area contributed by atoms with Gasteiger partial charge in [-0.15, -0.1) is 0 Å². The van der Waals surface area contributed by atoms with Crippen LogP contribution in [0.25, 0.3) is 0 Å². The van der Waals surface area contributed by atoms with Crippen LogP contribution < -0.4 is 0 Å². The van der Waals surface area contributed by atoms with Crippen molar-refractivity contribution in [1.29, 1.82) is 0 Å². The van der Waals surface area contributed by atoms with Crippen LogP contribution in [-0.4, -0.2) is 61.6 Å². The third-order valence-electron chi connectivity index (χ3n) is 2.55. The lowest BCUT2D eigenvalue weighted by Gasteiger charge is -2.21. The van der Waals surface area contributed by atoms with Crippen molar-refractivity contribution >= 4 is 11.6 Å². The van der Waals surface area contributed by atoms with E-state index in [9.17, 15) is 9.59 Å². The van der Waals surface area contributed by atoms with Crippen LogP contribution >= 0.6 is 0 Å². The lowest BCUT2D eigenvalue weighted by molar-refractivity contribution is -0.118. The third-order valence-corrected chi connectivity index (χ3v) is 2.55. The molecule has 0 bridgehead atoms. The van der Waals surface area contributed by atoms with E-state index in [0.29, 0.717) is 12.8 Å². The molecule has 0 unspecified atom stereocenters. The second kappa shape index (κ2) is 8.42. The minimum absolute atomic E-state index is 0.233. The molecule has 0 spiro atoms. The lowest BCUT2D eigenvalue weighted by Crippen LogP contribution is -2.32. The number of ketones is 2. The molecule has 0 heterocycles. The predicted molar refractivity (Wildman–Crippen MR) is 65.6 cm³/mol. The van der Waals surface area contributed by atoms with E-state index in [2.05, 4.69) is 9.80 Å². The second-order valence-electron chi connectivity index (χ2n) is 4.51. The van der Waals surface area contributed by atoms with Gasteiger partial charge in [-0.2, -0.15) is 0 Å². The van der Waals surface area contributed by atoms with Gasteiger partial charge in [0.2, 0.25) is 0 Å². The van der Waals surface area contributed by atoms with E-state index >= 15 is 0 Å². The summed E-state index contributed by atoms with van der Waals surface area (Å²) in [6.45, 7) is 6.73. The summed E-state index contributed by atoms with van der Waals surface area (Å²) in [5.74, 6) is 0.466. The fourth-order valence-electron chi connectivity index (χ4n) is 1.26. The Kier molecular flexibility index (Phi) is 8.03. The average Bonchev–Trinajstić information content (AvgIpc) is 2.20. The molecule has 0 atom stereocenters. The summed E-state index contributed by atoms with van der Waals surface area (Å²) >= 11 is 0. The standard InChI is InChI=1S/C12H24N2O2/c1-11(15)5-7-13(3)9-10-14(4)8-6-12(2)16/h5-10H2,1-4H3. The number of hydrogen-bond acceptors (Lipinski definition) is 4. The van der Waals surface area contributed by atoms with Crippen LogP contribution in [0.5, 0.6) is 0 Å². The number of carbonyl (C=O) groups is 2. The minimum atomic E-state index is 0.233. The Morgan fingerprint density at radius 2 is 1.06 bits per heavy atom. The molecule has 0 amide bonds. The van der Waals surface area contributed by atoms with Gasteiger partial charge in [0, 0.05) is 39.0 Å². The second-order valence-corrected chi connectivity index (χ2v) is 4.51. The smallest absolute Gasteiger partial charge is 0.131 e. The predicted octanol–water partition coefficient (Wildman–Crippen LogP) is 0.808. The SMILES string of the molecule is CC(=O)CCN(C)CCN(C)CCC(C)=O. The average molecular weight is 228 g/mol. The first kappa shape index (κ1) is 15.3. The Balaban J connectivity index is 3.54. The van der Waals surface area contributed by atoms with Gasteiger partial charge in [0.05, 0.1) is 0 Å². The molecule has 0 N–H and O–H groups in total. The molecule has 0 aliphatic carbocycles. The van der Waals surface area contributed by atoms with Crippen molar-refractivity contribution in [2.45, 2.75) is 26.7 Å². The summed E-state index contributed by atoms with van der Waals surface area (Å²) in [5, 5.41) is 0. The van der Waals surface area contributed by atoms with Gasteiger partial charge in [-0.05, 0) is 27.9 Å². The van der Waals surface area contributed by atoms with E-state index in [1.54, 1.807) is 13.8 Å². The number of Topliss-reactive ketones (excluding diaryl/α,β-unsaturated/α-hetero) is 2. The number of nitrogens with zero attached hydrogens (tertiary/aromatic N) is 2. The summed E-state index contributed by atoms with van der Waals surface area (Å²) in [4.78, 5) is 25.9. The molecular weight excluding hydrogens is 204 g/mol. The fraction of sp³-hybridized carbons (Fsp3) is 0.833. The van der Waals surface area contributed by atoms with Gasteiger partial charge >= 0.3 is 0 Å². The number of carbonyl (C=O) groups excluding carboxylic acids is 2. The topological polar surface area (TPSA) is 40.6 Å². The van der Waals surface area contributed by atoms with E-state index in [0.717, 1.165) is 26.2 Å². The van der Waals surface area contributed by atoms with Crippen LogP contribution in [0.2, 0.25) is 0 Å². The highest BCUT2D eigenvalue weighted by Gasteiger charge is 2.04. The molecule has 0 aliphatic rings. The zero-order valence-corrected chi connectivity index (χ0v) is 11.0. The molecule has 0 aromatic heterocycles. The molecule has 4 heteroatoms. The lowest BCUT2D eigenvalue weighted by atomic mass is 10.3.